The Labute approximate surface area is 205 Å². The molecule has 0 bridgehead atoms. The summed E-state index contributed by atoms with van der Waals surface area (Å²) in [5, 5.41) is 4.64. The first-order valence-corrected chi connectivity index (χ1v) is 13.5. The van der Waals surface area contributed by atoms with Gasteiger partial charge in [0.05, 0.1) is 6.20 Å². The number of piperidine rings is 1. The third-order valence-corrected chi connectivity index (χ3v) is 8.19. The van der Waals surface area contributed by atoms with E-state index in [1.807, 2.05) is 61.2 Å². The summed E-state index contributed by atoms with van der Waals surface area (Å²) in [6, 6.07) is 16.7. The van der Waals surface area contributed by atoms with Crippen LogP contribution in [0, 0.1) is 0 Å². The third kappa shape index (κ3) is 5.04. The topological polar surface area (TPSA) is 56.5 Å². The van der Waals surface area contributed by atoms with Gasteiger partial charge in [-0.2, -0.15) is 5.10 Å². The largest absolute Gasteiger partial charge is 0.611 e. The van der Waals surface area contributed by atoms with E-state index in [0.29, 0.717) is 0 Å². The maximum absolute atomic E-state index is 12.5. The standard InChI is InChI=1S/C28H32N4OS/c1-21(2)34(33)26-8-6-7-24(17-26)27-19-30-32-20-25(18-29-28(27)32)23-11-9-22(10-12-23)13-16-31-14-4-3-5-15-31/h6-12,17-21H,3-5,13-16H2,1-2H3. The molecule has 0 N–H and O–H groups in total. The first-order valence-electron chi connectivity index (χ1n) is 12.2. The molecule has 3 heterocycles. The summed E-state index contributed by atoms with van der Waals surface area (Å²) < 4.78 is 14.4. The molecule has 1 fully saturated rings. The van der Waals surface area contributed by atoms with Gasteiger partial charge < -0.3 is 9.45 Å². The summed E-state index contributed by atoms with van der Waals surface area (Å²) in [5.74, 6) is 0. The van der Waals surface area contributed by atoms with Crippen LogP contribution in [-0.4, -0.2) is 48.9 Å². The molecule has 1 saturated heterocycles. The van der Waals surface area contributed by atoms with Crippen molar-refractivity contribution in [1.29, 1.82) is 0 Å². The predicted molar refractivity (Wildman–Crippen MR) is 139 cm³/mol. The number of rotatable bonds is 7. The molecule has 1 aliphatic rings. The SMILES string of the molecule is CC(C)[S+]([O-])c1cccc(-c2cnn3cc(-c4ccc(CCN5CCCCC5)cc4)cnc23)c1. The first-order chi connectivity index (χ1) is 16.6. The lowest BCUT2D eigenvalue weighted by molar-refractivity contribution is 0.231. The molecular weight excluding hydrogens is 440 g/mol. The zero-order chi connectivity index (χ0) is 23.5. The predicted octanol–water partition coefficient (Wildman–Crippen LogP) is 5.61. The monoisotopic (exact) mass is 472 g/mol. The average Bonchev–Trinajstić information content (AvgIpc) is 3.31. The van der Waals surface area contributed by atoms with Crippen LogP contribution in [0.2, 0.25) is 0 Å². The van der Waals surface area contributed by atoms with E-state index < -0.39 is 11.2 Å². The van der Waals surface area contributed by atoms with Crippen LogP contribution in [-0.2, 0) is 17.6 Å². The fraction of sp³-hybridized carbons (Fsp3) is 0.357. The molecule has 0 aliphatic carbocycles. The molecule has 0 saturated carbocycles. The Morgan fingerprint density at radius 1 is 0.941 bits per heavy atom. The fourth-order valence-electron chi connectivity index (χ4n) is 4.62. The highest BCUT2D eigenvalue weighted by Gasteiger charge is 2.17. The molecule has 5 nitrogen and oxygen atoms in total. The summed E-state index contributed by atoms with van der Waals surface area (Å²) in [6.45, 7) is 7.59. The number of hydrogen-bond acceptors (Lipinski definition) is 4. The van der Waals surface area contributed by atoms with Crippen LogP contribution in [0.25, 0.3) is 27.9 Å². The van der Waals surface area contributed by atoms with Crippen molar-refractivity contribution in [2.75, 3.05) is 19.6 Å². The van der Waals surface area contributed by atoms with Gasteiger partial charge in [-0.25, -0.2) is 9.50 Å². The lowest BCUT2D eigenvalue weighted by atomic mass is 10.0. The zero-order valence-corrected chi connectivity index (χ0v) is 20.8. The number of benzene rings is 2. The highest BCUT2D eigenvalue weighted by molar-refractivity contribution is 7.92. The van der Waals surface area contributed by atoms with Gasteiger partial charge in [-0.05, 0) is 80.1 Å². The molecule has 2 aromatic heterocycles. The maximum atomic E-state index is 12.5. The van der Waals surface area contributed by atoms with Crippen LogP contribution in [0.5, 0.6) is 0 Å². The highest BCUT2D eigenvalue weighted by atomic mass is 32.2. The Balaban J connectivity index is 1.33. The van der Waals surface area contributed by atoms with Crippen molar-refractivity contribution in [2.45, 2.75) is 49.7 Å². The lowest BCUT2D eigenvalue weighted by Gasteiger charge is -2.26. The van der Waals surface area contributed by atoms with Gasteiger partial charge in [-0.15, -0.1) is 0 Å². The quantitative estimate of drug-likeness (QED) is 0.328. The van der Waals surface area contributed by atoms with E-state index >= 15 is 0 Å². The molecule has 1 atom stereocenters. The van der Waals surface area contributed by atoms with E-state index in [4.69, 9.17) is 4.98 Å². The molecule has 6 heteroatoms. The van der Waals surface area contributed by atoms with Gasteiger partial charge in [0.2, 0.25) is 0 Å². The van der Waals surface area contributed by atoms with Crippen molar-refractivity contribution in [3.05, 3.63) is 72.7 Å². The Hall–Kier alpha value is -2.67. The zero-order valence-electron chi connectivity index (χ0n) is 20.0. The van der Waals surface area contributed by atoms with Crippen LogP contribution in [0.1, 0.15) is 38.7 Å². The van der Waals surface area contributed by atoms with Gasteiger partial charge in [-0.1, -0.05) is 42.8 Å². The summed E-state index contributed by atoms with van der Waals surface area (Å²) in [5.41, 5.74) is 6.29. The van der Waals surface area contributed by atoms with E-state index in [9.17, 15) is 4.55 Å². The van der Waals surface area contributed by atoms with E-state index in [1.54, 1.807) is 0 Å². The van der Waals surface area contributed by atoms with Gasteiger partial charge in [0.25, 0.3) is 0 Å². The molecule has 0 amide bonds. The summed E-state index contributed by atoms with van der Waals surface area (Å²) in [6.07, 6.45) is 10.9. The molecule has 0 spiro atoms. The van der Waals surface area contributed by atoms with Gasteiger partial charge in [0.15, 0.2) is 10.5 Å². The second kappa shape index (κ2) is 10.3. The summed E-state index contributed by atoms with van der Waals surface area (Å²) in [7, 11) is 0. The lowest BCUT2D eigenvalue weighted by Crippen LogP contribution is -2.31. The minimum Gasteiger partial charge on any atom is -0.611 e. The van der Waals surface area contributed by atoms with Crippen LogP contribution in [0.15, 0.2) is 72.0 Å². The first kappa shape index (κ1) is 23.1. The molecule has 4 aromatic rings. The summed E-state index contributed by atoms with van der Waals surface area (Å²) >= 11 is -1.03. The van der Waals surface area contributed by atoms with E-state index in [1.165, 1.54) is 37.9 Å². The molecule has 1 aliphatic heterocycles. The van der Waals surface area contributed by atoms with Crippen molar-refractivity contribution in [3.63, 3.8) is 0 Å². The minimum absolute atomic E-state index is 0.0796. The molecule has 0 radical (unpaired) electrons. The molecule has 2 aromatic carbocycles. The smallest absolute Gasteiger partial charge is 0.162 e. The maximum Gasteiger partial charge on any atom is 0.162 e. The minimum atomic E-state index is -1.03. The number of fused-ring (bicyclic) bond motifs is 1. The Bertz CT molecular complexity index is 1240. The summed E-state index contributed by atoms with van der Waals surface area (Å²) in [4.78, 5) is 8.16. The molecule has 34 heavy (non-hydrogen) atoms. The normalized spacial score (nSPS) is 15.8. The number of hydrogen-bond donors (Lipinski definition) is 0. The Morgan fingerprint density at radius 3 is 2.50 bits per heavy atom. The van der Waals surface area contributed by atoms with Crippen LogP contribution in [0.4, 0.5) is 0 Å². The van der Waals surface area contributed by atoms with E-state index in [0.717, 1.165) is 45.8 Å². The Kier molecular flexibility index (Phi) is 6.99. The number of aromatic nitrogens is 3. The van der Waals surface area contributed by atoms with Crippen molar-refractivity contribution >= 4 is 16.8 Å². The fourth-order valence-corrected chi connectivity index (χ4v) is 5.62. The molecule has 5 rings (SSSR count). The van der Waals surface area contributed by atoms with Crippen LogP contribution >= 0.6 is 0 Å². The van der Waals surface area contributed by atoms with Crippen LogP contribution < -0.4 is 0 Å². The second-order valence-electron chi connectivity index (χ2n) is 9.39. The molecular formula is C28H32N4OS. The average molecular weight is 473 g/mol. The van der Waals surface area contributed by atoms with Crippen molar-refractivity contribution in [3.8, 4) is 22.3 Å². The van der Waals surface area contributed by atoms with Gasteiger partial charge in [0.1, 0.15) is 5.25 Å². The van der Waals surface area contributed by atoms with Crippen molar-refractivity contribution in [1.82, 2.24) is 19.5 Å². The van der Waals surface area contributed by atoms with Gasteiger partial charge >= 0.3 is 0 Å². The van der Waals surface area contributed by atoms with Crippen molar-refractivity contribution in [2.24, 2.45) is 0 Å². The van der Waals surface area contributed by atoms with Gasteiger partial charge in [-0.3, -0.25) is 0 Å². The second-order valence-corrected chi connectivity index (χ2v) is 11.4. The number of likely N-dealkylation sites (tertiary alicyclic amines) is 1. The van der Waals surface area contributed by atoms with E-state index in [2.05, 4.69) is 34.3 Å². The highest BCUT2D eigenvalue weighted by Crippen LogP contribution is 2.28. The van der Waals surface area contributed by atoms with Crippen LogP contribution in [0.3, 0.4) is 0 Å². The van der Waals surface area contributed by atoms with Crippen molar-refractivity contribution < 1.29 is 4.55 Å². The molecule has 176 valence electrons. The number of nitrogens with zero attached hydrogens (tertiary/aromatic N) is 4. The van der Waals surface area contributed by atoms with Gasteiger partial charge in [0, 0.05) is 36.1 Å². The third-order valence-electron chi connectivity index (χ3n) is 6.61. The Morgan fingerprint density at radius 2 is 1.74 bits per heavy atom. The molecule has 1 unspecified atom stereocenters. The van der Waals surface area contributed by atoms with E-state index in [-0.39, 0.29) is 5.25 Å².